The molecular formula is C27H26FN5. The molecule has 0 radical (unpaired) electrons. The summed E-state index contributed by atoms with van der Waals surface area (Å²) in [4.78, 5) is 15.7. The van der Waals surface area contributed by atoms with Crippen molar-refractivity contribution in [2.75, 3.05) is 33.2 Å². The predicted molar refractivity (Wildman–Crippen MR) is 132 cm³/mol. The Morgan fingerprint density at radius 3 is 2.55 bits per heavy atom. The van der Waals surface area contributed by atoms with Gasteiger partial charge in [-0.25, -0.2) is 9.37 Å². The highest BCUT2D eigenvalue weighted by atomic mass is 19.1. The fourth-order valence-corrected chi connectivity index (χ4v) is 4.75. The molecule has 1 fully saturated rings. The Morgan fingerprint density at radius 1 is 0.909 bits per heavy atom. The Labute approximate surface area is 191 Å². The van der Waals surface area contributed by atoms with Crippen LogP contribution in [0.4, 0.5) is 4.39 Å². The van der Waals surface area contributed by atoms with Crippen molar-refractivity contribution >= 4 is 21.9 Å². The van der Waals surface area contributed by atoms with Crippen molar-refractivity contribution in [1.29, 1.82) is 0 Å². The molecule has 1 aliphatic heterocycles. The maximum absolute atomic E-state index is 14.6. The van der Waals surface area contributed by atoms with Crippen LogP contribution in [0.1, 0.15) is 5.56 Å². The summed E-state index contributed by atoms with van der Waals surface area (Å²) in [6.07, 6.45) is 5.57. The summed E-state index contributed by atoms with van der Waals surface area (Å²) < 4.78 is 14.6. The second kappa shape index (κ2) is 8.14. The van der Waals surface area contributed by atoms with Crippen LogP contribution >= 0.6 is 0 Å². The third-order valence-electron chi connectivity index (χ3n) is 6.74. The Balaban J connectivity index is 1.30. The monoisotopic (exact) mass is 439 g/mol. The van der Waals surface area contributed by atoms with Gasteiger partial charge >= 0.3 is 0 Å². The molecule has 5 nitrogen and oxygen atoms in total. The maximum Gasteiger partial charge on any atom is 0.147 e. The number of aromatic amines is 2. The number of benzene rings is 2. The zero-order valence-electron chi connectivity index (χ0n) is 18.6. The summed E-state index contributed by atoms with van der Waals surface area (Å²) in [7, 11) is 2.18. The van der Waals surface area contributed by atoms with Crippen molar-refractivity contribution in [2.45, 2.75) is 6.54 Å². The Hall–Kier alpha value is -3.48. The van der Waals surface area contributed by atoms with Crippen molar-refractivity contribution in [3.05, 3.63) is 78.5 Å². The molecule has 0 unspecified atom stereocenters. The molecule has 2 aromatic carbocycles. The standard InChI is InChI=1S/C27H26FN5/c1-32-8-10-33(11-9-32)17-18-2-4-19(5-3-18)22-13-23-24(16-31-27(23)30-15-22)21-12-20-6-7-29-26(20)25(28)14-21/h2-7,12-16,29H,8-11,17H2,1H3,(H,30,31). The third-order valence-corrected chi connectivity index (χ3v) is 6.74. The number of hydrogen-bond donors (Lipinski definition) is 2. The van der Waals surface area contributed by atoms with E-state index in [1.807, 2.05) is 24.5 Å². The molecule has 0 atom stereocenters. The number of piperazine rings is 1. The predicted octanol–water partition coefficient (Wildman–Crippen LogP) is 5.26. The second-order valence-corrected chi connectivity index (χ2v) is 9.00. The summed E-state index contributed by atoms with van der Waals surface area (Å²) in [5.41, 5.74) is 6.64. The van der Waals surface area contributed by atoms with Crippen LogP contribution < -0.4 is 0 Å². The summed E-state index contributed by atoms with van der Waals surface area (Å²) in [6, 6.07) is 16.4. The minimum absolute atomic E-state index is 0.248. The van der Waals surface area contributed by atoms with Crippen molar-refractivity contribution < 1.29 is 4.39 Å². The number of nitrogens with one attached hydrogen (secondary N) is 2. The number of nitrogens with zero attached hydrogens (tertiary/aromatic N) is 3. The molecule has 2 N–H and O–H groups in total. The fourth-order valence-electron chi connectivity index (χ4n) is 4.75. The zero-order valence-corrected chi connectivity index (χ0v) is 18.6. The van der Waals surface area contributed by atoms with Gasteiger partial charge in [-0.2, -0.15) is 0 Å². The van der Waals surface area contributed by atoms with E-state index in [4.69, 9.17) is 0 Å². The summed E-state index contributed by atoms with van der Waals surface area (Å²) >= 11 is 0. The molecule has 0 saturated carbocycles. The number of fused-ring (bicyclic) bond motifs is 2. The lowest BCUT2D eigenvalue weighted by Crippen LogP contribution is -2.43. The van der Waals surface area contributed by atoms with E-state index >= 15 is 0 Å². The molecule has 6 heteroatoms. The van der Waals surface area contributed by atoms with Crippen LogP contribution in [0, 0.1) is 5.82 Å². The van der Waals surface area contributed by atoms with Gasteiger partial charge in [0.1, 0.15) is 11.5 Å². The van der Waals surface area contributed by atoms with Crippen LogP contribution in [0.25, 0.3) is 44.2 Å². The highest BCUT2D eigenvalue weighted by molar-refractivity contribution is 5.98. The number of likely N-dealkylation sites (N-methyl/N-ethyl adjacent to an activating group) is 1. The Morgan fingerprint density at radius 2 is 1.73 bits per heavy atom. The van der Waals surface area contributed by atoms with Crippen LogP contribution in [-0.4, -0.2) is 58.0 Å². The summed E-state index contributed by atoms with van der Waals surface area (Å²) in [5.74, 6) is -0.248. The maximum atomic E-state index is 14.6. The molecule has 0 bridgehead atoms. The number of rotatable bonds is 4. The highest BCUT2D eigenvalue weighted by Crippen LogP contribution is 2.33. The summed E-state index contributed by atoms with van der Waals surface area (Å²) in [5, 5.41) is 1.85. The van der Waals surface area contributed by atoms with Crippen LogP contribution in [0.5, 0.6) is 0 Å². The normalized spacial score (nSPS) is 15.6. The van der Waals surface area contributed by atoms with E-state index in [0.29, 0.717) is 5.52 Å². The van der Waals surface area contributed by atoms with Gasteiger partial charge in [0.25, 0.3) is 0 Å². The lowest BCUT2D eigenvalue weighted by molar-refractivity contribution is 0.148. The fraction of sp³-hybridized carbons (Fsp3) is 0.222. The number of pyridine rings is 1. The van der Waals surface area contributed by atoms with Crippen molar-refractivity contribution in [1.82, 2.24) is 24.8 Å². The van der Waals surface area contributed by atoms with E-state index in [-0.39, 0.29) is 5.82 Å². The van der Waals surface area contributed by atoms with E-state index in [1.54, 1.807) is 12.3 Å². The van der Waals surface area contributed by atoms with Gasteiger partial charge in [-0.3, -0.25) is 4.90 Å². The number of hydrogen-bond acceptors (Lipinski definition) is 3. The van der Waals surface area contributed by atoms with Crippen LogP contribution in [0.15, 0.2) is 67.1 Å². The zero-order chi connectivity index (χ0) is 22.4. The van der Waals surface area contributed by atoms with Gasteiger partial charge < -0.3 is 14.9 Å². The summed E-state index contributed by atoms with van der Waals surface area (Å²) in [6.45, 7) is 5.47. The number of H-pyrrole nitrogens is 2. The Kier molecular flexibility index (Phi) is 4.97. The highest BCUT2D eigenvalue weighted by Gasteiger charge is 2.15. The molecule has 33 heavy (non-hydrogen) atoms. The van der Waals surface area contributed by atoms with Gasteiger partial charge in [-0.15, -0.1) is 0 Å². The third kappa shape index (κ3) is 3.81. The molecule has 0 spiro atoms. The van der Waals surface area contributed by atoms with Crippen molar-refractivity contribution in [2.24, 2.45) is 0 Å². The molecule has 0 aliphatic carbocycles. The molecule has 1 aliphatic rings. The molecular weight excluding hydrogens is 413 g/mol. The largest absolute Gasteiger partial charge is 0.359 e. The van der Waals surface area contributed by atoms with Crippen LogP contribution in [0.3, 0.4) is 0 Å². The number of aromatic nitrogens is 3. The van der Waals surface area contributed by atoms with E-state index in [9.17, 15) is 4.39 Å². The molecule has 5 aromatic rings. The van der Waals surface area contributed by atoms with Crippen LogP contribution in [0.2, 0.25) is 0 Å². The van der Waals surface area contributed by atoms with Gasteiger partial charge in [-0.05, 0) is 48.0 Å². The first-order valence-electron chi connectivity index (χ1n) is 11.4. The van der Waals surface area contributed by atoms with Gasteiger partial charge in [0.15, 0.2) is 0 Å². The first kappa shape index (κ1) is 20.1. The van der Waals surface area contributed by atoms with E-state index in [1.165, 1.54) is 5.56 Å². The second-order valence-electron chi connectivity index (χ2n) is 9.00. The van der Waals surface area contributed by atoms with Crippen molar-refractivity contribution in [3.8, 4) is 22.3 Å². The van der Waals surface area contributed by atoms with Gasteiger partial charge in [-0.1, -0.05) is 24.3 Å². The molecule has 0 amide bonds. The number of halogens is 1. The molecule has 4 heterocycles. The first-order chi connectivity index (χ1) is 16.1. The smallest absolute Gasteiger partial charge is 0.147 e. The van der Waals surface area contributed by atoms with E-state index < -0.39 is 0 Å². The molecule has 1 saturated heterocycles. The quantitative estimate of drug-likeness (QED) is 0.401. The van der Waals surface area contributed by atoms with Gasteiger partial charge in [0, 0.05) is 73.2 Å². The van der Waals surface area contributed by atoms with Crippen molar-refractivity contribution in [3.63, 3.8) is 0 Å². The molecule has 166 valence electrons. The van der Waals surface area contributed by atoms with Gasteiger partial charge in [0.05, 0.1) is 5.52 Å². The lowest BCUT2D eigenvalue weighted by atomic mass is 10.0. The van der Waals surface area contributed by atoms with E-state index in [0.717, 1.165) is 71.4 Å². The van der Waals surface area contributed by atoms with E-state index in [2.05, 4.69) is 62.1 Å². The molecule has 6 rings (SSSR count). The lowest BCUT2D eigenvalue weighted by Gasteiger charge is -2.32. The average molecular weight is 440 g/mol. The van der Waals surface area contributed by atoms with Gasteiger partial charge in [0.2, 0.25) is 0 Å². The van der Waals surface area contributed by atoms with Crippen LogP contribution in [-0.2, 0) is 6.54 Å². The minimum Gasteiger partial charge on any atom is -0.359 e. The topological polar surface area (TPSA) is 50.9 Å². The first-order valence-corrected chi connectivity index (χ1v) is 11.4. The minimum atomic E-state index is -0.248. The SMILES string of the molecule is CN1CCN(Cc2ccc(-c3cnc4[nH]cc(-c5cc(F)c6[nH]ccc6c5)c4c3)cc2)CC1. The Bertz CT molecular complexity index is 1420. The average Bonchev–Trinajstić information content (AvgIpc) is 3.48. The molecule has 3 aromatic heterocycles.